The molecule has 164 valence electrons. The van der Waals surface area contributed by atoms with Gasteiger partial charge in [-0.2, -0.15) is 5.10 Å². The maximum atomic E-state index is 12.0. The van der Waals surface area contributed by atoms with Crippen LogP contribution in [0.4, 0.5) is 5.69 Å². The lowest BCUT2D eigenvalue weighted by molar-refractivity contribution is -0.124. The molecule has 0 aromatic heterocycles. The van der Waals surface area contributed by atoms with Gasteiger partial charge >= 0.3 is 0 Å². The lowest BCUT2D eigenvalue weighted by Crippen LogP contribution is -2.20. The van der Waals surface area contributed by atoms with Gasteiger partial charge in [0.2, 0.25) is 11.8 Å². The zero-order valence-corrected chi connectivity index (χ0v) is 17.7. The fraction of sp³-hybridized carbons (Fsp3) is 0.261. The van der Waals surface area contributed by atoms with Crippen LogP contribution in [-0.2, 0) is 16.0 Å². The Morgan fingerprint density at radius 1 is 1.16 bits per heavy atom. The Bertz CT molecular complexity index is 939. The number of nitrogens with zero attached hydrogens (tertiary/aromatic N) is 1. The first-order chi connectivity index (χ1) is 15.0. The lowest BCUT2D eigenvalue weighted by atomic mass is 10.1. The van der Waals surface area contributed by atoms with Crippen LogP contribution in [0.1, 0.15) is 30.9 Å². The van der Waals surface area contributed by atoms with E-state index in [9.17, 15) is 14.7 Å². The molecule has 0 saturated heterocycles. The molecule has 2 aromatic carbocycles. The number of rotatable bonds is 11. The molecule has 0 atom stereocenters. The third-order valence-corrected chi connectivity index (χ3v) is 4.19. The number of anilines is 1. The minimum Gasteiger partial charge on any atom is -0.504 e. The first kappa shape index (κ1) is 23.5. The Kier molecular flexibility index (Phi) is 9.10. The zero-order valence-electron chi connectivity index (χ0n) is 17.7. The second-order valence-electron chi connectivity index (χ2n) is 6.52. The Morgan fingerprint density at radius 2 is 1.87 bits per heavy atom. The number of ether oxygens (including phenoxy) is 2. The highest BCUT2D eigenvalue weighted by molar-refractivity contribution is 5.93. The summed E-state index contributed by atoms with van der Waals surface area (Å²) < 4.78 is 10.5. The molecule has 0 aliphatic rings. The third-order valence-electron chi connectivity index (χ3n) is 4.19. The molecule has 0 unspecified atom stereocenters. The van der Waals surface area contributed by atoms with Crippen LogP contribution in [0, 0.1) is 0 Å². The number of methoxy groups -OCH3 is 1. The summed E-state index contributed by atoms with van der Waals surface area (Å²) in [6.45, 7) is 6.12. The van der Waals surface area contributed by atoms with Crippen molar-refractivity contribution < 1.29 is 24.2 Å². The highest BCUT2D eigenvalue weighted by atomic mass is 16.5. The maximum Gasteiger partial charge on any atom is 0.240 e. The Hall–Kier alpha value is -3.81. The van der Waals surface area contributed by atoms with Crippen molar-refractivity contribution >= 4 is 23.7 Å². The van der Waals surface area contributed by atoms with Crippen LogP contribution < -0.4 is 20.2 Å². The summed E-state index contributed by atoms with van der Waals surface area (Å²) >= 11 is 0. The van der Waals surface area contributed by atoms with Crippen LogP contribution in [-0.4, -0.2) is 36.9 Å². The number of amides is 2. The van der Waals surface area contributed by atoms with E-state index in [1.807, 2.05) is 6.92 Å². The van der Waals surface area contributed by atoms with E-state index in [0.717, 1.165) is 5.75 Å². The first-order valence-electron chi connectivity index (χ1n) is 9.82. The number of benzene rings is 2. The molecule has 0 aliphatic heterocycles. The normalized spacial score (nSPS) is 10.5. The topological polar surface area (TPSA) is 109 Å². The van der Waals surface area contributed by atoms with Crippen molar-refractivity contribution in [3.63, 3.8) is 0 Å². The molecular weight excluding hydrogens is 398 g/mol. The van der Waals surface area contributed by atoms with Crippen LogP contribution >= 0.6 is 0 Å². The second kappa shape index (κ2) is 12.0. The summed E-state index contributed by atoms with van der Waals surface area (Å²) in [7, 11) is 1.45. The van der Waals surface area contributed by atoms with Gasteiger partial charge in [-0.25, -0.2) is 5.43 Å². The molecule has 0 aliphatic carbocycles. The summed E-state index contributed by atoms with van der Waals surface area (Å²) in [5, 5.41) is 16.7. The van der Waals surface area contributed by atoms with Gasteiger partial charge in [-0.05, 0) is 55.3 Å². The average molecular weight is 425 g/mol. The van der Waals surface area contributed by atoms with E-state index in [-0.39, 0.29) is 24.5 Å². The van der Waals surface area contributed by atoms with E-state index in [4.69, 9.17) is 9.47 Å². The molecule has 2 aromatic rings. The van der Waals surface area contributed by atoms with Crippen LogP contribution in [0.15, 0.2) is 54.2 Å². The Morgan fingerprint density at radius 3 is 2.52 bits per heavy atom. The largest absolute Gasteiger partial charge is 0.504 e. The summed E-state index contributed by atoms with van der Waals surface area (Å²) in [5.41, 5.74) is 4.29. The van der Waals surface area contributed by atoms with Crippen molar-refractivity contribution in [2.45, 2.75) is 26.2 Å². The van der Waals surface area contributed by atoms with Crippen molar-refractivity contribution in [1.82, 2.24) is 5.43 Å². The van der Waals surface area contributed by atoms with Gasteiger partial charge < -0.3 is 19.9 Å². The number of phenols is 1. The predicted molar refractivity (Wildman–Crippen MR) is 120 cm³/mol. The predicted octanol–water partition coefficient (Wildman–Crippen LogP) is 3.40. The van der Waals surface area contributed by atoms with E-state index in [2.05, 4.69) is 22.4 Å². The Labute approximate surface area is 181 Å². The van der Waals surface area contributed by atoms with Crippen LogP contribution in [0.5, 0.6) is 17.2 Å². The van der Waals surface area contributed by atoms with Gasteiger partial charge in [0.05, 0.1) is 19.9 Å². The number of carbonyl (C=O) groups excluding carboxylic acids is 2. The van der Waals surface area contributed by atoms with Gasteiger partial charge in [0.25, 0.3) is 0 Å². The van der Waals surface area contributed by atoms with Gasteiger partial charge in [0, 0.05) is 24.1 Å². The maximum absolute atomic E-state index is 12.0. The minimum absolute atomic E-state index is 0.0131. The van der Waals surface area contributed by atoms with E-state index < -0.39 is 5.91 Å². The van der Waals surface area contributed by atoms with Gasteiger partial charge in [0.1, 0.15) is 5.75 Å². The number of allylic oxidation sites excluding steroid dienone is 1. The van der Waals surface area contributed by atoms with E-state index in [0.29, 0.717) is 35.6 Å². The van der Waals surface area contributed by atoms with E-state index >= 15 is 0 Å². The monoisotopic (exact) mass is 425 g/mol. The fourth-order valence-electron chi connectivity index (χ4n) is 2.72. The highest BCUT2D eigenvalue weighted by Gasteiger charge is 2.10. The number of hydrogen-bond donors (Lipinski definition) is 3. The molecular formula is C23H27N3O5. The SMILES string of the molecule is C=CCc1cc(/C=N/NC(=O)CCC(=O)Nc2ccc(OCC)cc2)cc(OC)c1O. The molecule has 0 heterocycles. The molecule has 8 nitrogen and oxygen atoms in total. The standard InChI is InChI=1S/C23H27N3O5/c1-4-6-17-13-16(14-20(30-3)23(17)29)15-24-26-22(28)12-11-21(27)25-18-7-9-19(10-8-18)31-5-2/h4,7-10,13-15,29H,1,5-6,11-12H2,2-3H3,(H,25,27)(H,26,28)/b24-15+. The van der Waals surface area contributed by atoms with E-state index in [1.165, 1.54) is 13.3 Å². The summed E-state index contributed by atoms with van der Waals surface area (Å²) in [6.07, 6.45) is 3.56. The molecule has 3 N–H and O–H groups in total. The van der Waals surface area contributed by atoms with Crippen molar-refractivity contribution in [2.75, 3.05) is 19.0 Å². The number of nitrogens with one attached hydrogen (secondary N) is 2. The molecule has 2 rings (SSSR count). The number of hydrazone groups is 1. The molecule has 2 amide bonds. The van der Waals surface area contributed by atoms with Crippen LogP contribution in [0.25, 0.3) is 0 Å². The number of phenolic OH excluding ortho intramolecular Hbond substituents is 1. The van der Waals surface area contributed by atoms with Gasteiger partial charge in [-0.15, -0.1) is 6.58 Å². The quantitative estimate of drug-likeness (QED) is 0.290. The molecule has 31 heavy (non-hydrogen) atoms. The summed E-state index contributed by atoms with van der Waals surface area (Å²) in [6, 6.07) is 10.3. The number of carbonyl (C=O) groups is 2. The second-order valence-corrected chi connectivity index (χ2v) is 6.52. The average Bonchev–Trinajstić information content (AvgIpc) is 2.76. The summed E-state index contributed by atoms with van der Waals surface area (Å²) in [4.78, 5) is 24.0. The van der Waals surface area contributed by atoms with Crippen molar-refractivity contribution in [3.05, 3.63) is 60.2 Å². The molecule has 0 radical (unpaired) electrons. The Balaban J connectivity index is 1.83. The zero-order chi connectivity index (χ0) is 22.6. The summed E-state index contributed by atoms with van der Waals surface area (Å²) in [5.74, 6) is 0.400. The van der Waals surface area contributed by atoms with Crippen molar-refractivity contribution in [1.29, 1.82) is 0 Å². The van der Waals surface area contributed by atoms with Gasteiger partial charge in [-0.1, -0.05) is 6.08 Å². The lowest BCUT2D eigenvalue weighted by Gasteiger charge is -2.09. The smallest absolute Gasteiger partial charge is 0.240 e. The number of aromatic hydroxyl groups is 1. The molecule has 0 fully saturated rings. The molecule has 0 saturated carbocycles. The first-order valence-corrected chi connectivity index (χ1v) is 9.82. The van der Waals surface area contributed by atoms with Gasteiger partial charge in [0.15, 0.2) is 11.5 Å². The fourth-order valence-corrected chi connectivity index (χ4v) is 2.72. The highest BCUT2D eigenvalue weighted by Crippen LogP contribution is 2.31. The third kappa shape index (κ3) is 7.50. The van der Waals surface area contributed by atoms with Crippen molar-refractivity contribution in [2.24, 2.45) is 5.10 Å². The number of hydrogen-bond acceptors (Lipinski definition) is 6. The van der Waals surface area contributed by atoms with Crippen LogP contribution in [0.3, 0.4) is 0 Å². The van der Waals surface area contributed by atoms with Gasteiger partial charge in [-0.3, -0.25) is 9.59 Å². The van der Waals surface area contributed by atoms with E-state index in [1.54, 1.807) is 42.5 Å². The van der Waals surface area contributed by atoms with Crippen molar-refractivity contribution in [3.8, 4) is 17.2 Å². The molecule has 0 spiro atoms. The van der Waals surface area contributed by atoms with Crippen LogP contribution in [0.2, 0.25) is 0 Å². The molecule has 8 heteroatoms. The minimum atomic E-state index is -0.393. The molecule has 0 bridgehead atoms.